The Morgan fingerprint density at radius 3 is 2.20 bits per heavy atom. The zero-order valence-corrected chi connectivity index (χ0v) is 5.54. The van der Waals surface area contributed by atoms with Crippen LogP contribution in [0.25, 0.3) is 0 Å². The van der Waals surface area contributed by atoms with Crippen molar-refractivity contribution in [3.63, 3.8) is 0 Å². The van der Waals surface area contributed by atoms with E-state index in [1.165, 1.54) is 0 Å². The fraction of sp³-hybridized carbons (Fsp3) is 0.333. The summed E-state index contributed by atoms with van der Waals surface area (Å²) in [7, 11) is 0. The third-order valence-corrected chi connectivity index (χ3v) is 1.34. The molecule has 3 N–H and O–H groups in total. The molecule has 0 saturated carbocycles. The highest BCUT2D eigenvalue weighted by Crippen LogP contribution is 2.29. The van der Waals surface area contributed by atoms with Gasteiger partial charge in [-0.3, -0.25) is 0 Å². The molecule has 0 fully saturated rings. The fourth-order valence-corrected chi connectivity index (χ4v) is 0.719. The number of aromatic nitrogens is 2. The normalized spacial score (nSPS) is 10.7. The van der Waals surface area contributed by atoms with Crippen molar-refractivity contribution >= 4 is 11.3 Å². The molecule has 1 rings (SSSR count). The number of nitrogens with zero attached hydrogens (tertiary/aromatic N) is 2. The van der Waals surface area contributed by atoms with Gasteiger partial charge in [0.05, 0.1) is 0 Å². The quantitative estimate of drug-likeness (QED) is 0.646. The Morgan fingerprint density at radius 1 is 1.40 bits per heavy atom. The van der Waals surface area contributed by atoms with Crippen molar-refractivity contribution < 1.29 is 13.2 Å². The molecule has 58 valence electrons. The maximum absolute atomic E-state index is 11.5. The van der Waals surface area contributed by atoms with Gasteiger partial charge in [0.2, 0.25) is 5.01 Å². The third-order valence-electron chi connectivity index (χ3n) is 0.603. The van der Waals surface area contributed by atoms with Crippen molar-refractivity contribution in [2.24, 2.45) is 0 Å². The van der Waals surface area contributed by atoms with Crippen LogP contribution < -0.4 is 6.15 Å². The summed E-state index contributed by atoms with van der Waals surface area (Å²) in [5.41, 5.74) is 1.04. The first kappa shape index (κ1) is 9.31. The van der Waals surface area contributed by atoms with Crippen molar-refractivity contribution in [2.75, 3.05) is 0 Å². The molecule has 0 unspecified atom stereocenters. The molecule has 0 aliphatic carbocycles. The Balaban J connectivity index is 0.000000810. The lowest BCUT2D eigenvalue weighted by atomic mass is 10.7. The second-order valence-corrected chi connectivity index (χ2v) is 2.07. The van der Waals surface area contributed by atoms with Gasteiger partial charge in [-0.2, -0.15) is 13.2 Å². The van der Waals surface area contributed by atoms with Gasteiger partial charge >= 0.3 is 6.18 Å². The molecule has 0 amide bonds. The zero-order chi connectivity index (χ0) is 6.91. The Kier molecular flexibility index (Phi) is 2.73. The molecular weight excluding hydrogens is 167 g/mol. The fourth-order valence-electron chi connectivity index (χ4n) is 0.297. The van der Waals surface area contributed by atoms with Crippen molar-refractivity contribution in [1.82, 2.24) is 16.3 Å². The monoisotopic (exact) mass is 171 g/mol. The second-order valence-electron chi connectivity index (χ2n) is 1.24. The highest BCUT2D eigenvalue weighted by molar-refractivity contribution is 7.09. The van der Waals surface area contributed by atoms with E-state index in [-0.39, 0.29) is 6.15 Å². The molecule has 0 atom stereocenters. The van der Waals surface area contributed by atoms with Crippen molar-refractivity contribution in [3.05, 3.63) is 10.5 Å². The molecule has 1 aromatic heterocycles. The maximum Gasteiger partial charge on any atom is 0.445 e. The lowest BCUT2D eigenvalue weighted by molar-refractivity contribution is -0.138. The predicted molar refractivity (Wildman–Crippen MR) is 29.9 cm³/mol. The van der Waals surface area contributed by atoms with E-state index in [0.29, 0.717) is 11.3 Å². The van der Waals surface area contributed by atoms with Gasteiger partial charge in [-0.15, -0.1) is 10.2 Å². The van der Waals surface area contributed by atoms with Crippen LogP contribution in [0.15, 0.2) is 5.51 Å². The van der Waals surface area contributed by atoms with Crippen LogP contribution in [-0.4, -0.2) is 10.2 Å². The van der Waals surface area contributed by atoms with Gasteiger partial charge in [0.1, 0.15) is 5.51 Å². The standard InChI is InChI=1S/C3HF3N2S.H3N/c4-3(5,6)2-8-7-1-9-2;/h1H;1H3. The first-order valence-electron chi connectivity index (χ1n) is 1.94. The Bertz CT molecular complexity index is 181. The Hall–Kier alpha value is -0.690. The lowest BCUT2D eigenvalue weighted by Gasteiger charge is -1.96. The number of rotatable bonds is 0. The minimum Gasteiger partial charge on any atom is -0.344 e. The average molecular weight is 171 g/mol. The summed E-state index contributed by atoms with van der Waals surface area (Å²) in [6.45, 7) is 0. The minimum atomic E-state index is -4.33. The average Bonchev–Trinajstić information content (AvgIpc) is 2.08. The Labute approximate surface area is 58.5 Å². The summed E-state index contributed by atoms with van der Waals surface area (Å²) >= 11 is 0.483. The van der Waals surface area contributed by atoms with Crippen LogP contribution in [0.5, 0.6) is 0 Å². The highest BCUT2D eigenvalue weighted by Gasteiger charge is 2.34. The highest BCUT2D eigenvalue weighted by atomic mass is 32.1. The van der Waals surface area contributed by atoms with Gasteiger partial charge in [0.25, 0.3) is 0 Å². The smallest absolute Gasteiger partial charge is 0.344 e. The Morgan fingerprint density at radius 2 is 2.00 bits per heavy atom. The second kappa shape index (κ2) is 2.93. The van der Waals surface area contributed by atoms with E-state index in [1.54, 1.807) is 0 Å². The van der Waals surface area contributed by atoms with Crippen LogP contribution in [0.2, 0.25) is 0 Å². The van der Waals surface area contributed by atoms with Crippen LogP contribution in [0, 0.1) is 0 Å². The van der Waals surface area contributed by atoms with Gasteiger partial charge in [0, 0.05) is 0 Å². The molecule has 0 saturated heterocycles. The molecular formula is C3H4F3N3S. The van der Waals surface area contributed by atoms with E-state index < -0.39 is 11.2 Å². The molecule has 3 nitrogen and oxygen atoms in total. The van der Waals surface area contributed by atoms with Crippen molar-refractivity contribution in [2.45, 2.75) is 6.18 Å². The molecule has 0 spiro atoms. The molecule has 1 heterocycles. The maximum atomic E-state index is 11.5. The van der Waals surface area contributed by atoms with Crippen LogP contribution in [0.4, 0.5) is 13.2 Å². The van der Waals surface area contributed by atoms with Gasteiger partial charge in [0.15, 0.2) is 0 Å². The molecule has 0 aromatic carbocycles. The summed E-state index contributed by atoms with van der Waals surface area (Å²) in [4.78, 5) is 0. The lowest BCUT2D eigenvalue weighted by Crippen LogP contribution is -2.03. The van der Waals surface area contributed by atoms with E-state index >= 15 is 0 Å². The summed E-state index contributed by atoms with van der Waals surface area (Å²) in [5.74, 6) is 0. The van der Waals surface area contributed by atoms with E-state index in [2.05, 4.69) is 10.2 Å². The number of halogens is 3. The first-order chi connectivity index (χ1) is 4.11. The molecule has 7 heteroatoms. The molecule has 0 radical (unpaired) electrons. The van der Waals surface area contributed by atoms with Crippen LogP contribution in [0.3, 0.4) is 0 Å². The van der Waals surface area contributed by atoms with E-state index in [4.69, 9.17) is 0 Å². The molecule has 0 bridgehead atoms. The molecule has 1 aromatic rings. The predicted octanol–water partition coefficient (Wildman–Crippen LogP) is 1.72. The molecule has 0 aliphatic heterocycles. The van der Waals surface area contributed by atoms with Crippen LogP contribution >= 0.6 is 11.3 Å². The summed E-state index contributed by atoms with van der Waals surface area (Å²) in [5, 5.41) is 4.97. The van der Waals surface area contributed by atoms with Crippen molar-refractivity contribution in [3.8, 4) is 0 Å². The van der Waals surface area contributed by atoms with Crippen molar-refractivity contribution in [1.29, 1.82) is 0 Å². The van der Waals surface area contributed by atoms with Crippen LogP contribution in [-0.2, 0) is 6.18 Å². The largest absolute Gasteiger partial charge is 0.445 e. The zero-order valence-electron chi connectivity index (χ0n) is 4.72. The first-order valence-corrected chi connectivity index (χ1v) is 2.82. The summed E-state index contributed by atoms with van der Waals surface area (Å²) in [6.07, 6.45) is -4.33. The third kappa shape index (κ3) is 1.92. The topological polar surface area (TPSA) is 60.8 Å². The van der Waals surface area contributed by atoms with Gasteiger partial charge in [-0.1, -0.05) is 11.3 Å². The minimum absolute atomic E-state index is 0. The SMILES string of the molecule is FC(F)(F)c1nncs1.N. The summed E-state index contributed by atoms with van der Waals surface area (Å²) in [6, 6.07) is 0. The van der Waals surface area contributed by atoms with Gasteiger partial charge in [-0.25, -0.2) is 0 Å². The molecule has 0 aliphatic rings. The number of alkyl halides is 3. The number of hydrogen-bond donors (Lipinski definition) is 1. The molecule has 10 heavy (non-hydrogen) atoms. The van der Waals surface area contributed by atoms with E-state index in [0.717, 1.165) is 5.51 Å². The summed E-state index contributed by atoms with van der Waals surface area (Å²) < 4.78 is 34.6. The van der Waals surface area contributed by atoms with E-state index in [9.17, 15) is 13.2 Å². The van der Waals surface area contributed by atoms with Gasteiger partial charge < -0.3 is 6.15 Å². The van der Waals surface area contributed by atoms with E-state index in [1.807, 2.05) is 0 Å². The number of hydrogen-bond acceptors (Lipinski definition) is 4. The van der Waals surface area contributed by atoms with Crippen LogP contribution in [0.1, 0.15) is 5.01 Å². The van der Waals surface area contributed by atoms with Gasteiger partial charge in [-0.05, 0) is 0 Å².